The van der Waals surface area contributed by atoms with Gasteiger partial charge in [-0.2, -0.15) is 0 Å². The highest BCUT2D eigenvalue weighted by Crippen LogP contribution is 2.26. The molecule has 454 valence electrons. The molecule has 6 N–H and O–H groups in total. The Morgan fingerprint density at radius 2 is 0.962 bits per heavy atom. The molecule has 0 bridgehead atoms. The van der Waals surface area contributed by atoms with Crippen LogP contribution in [0.15, 0.2) is 97.2 Å². The molecule has 0 aromatic heterocycles. The van der Waals surface area contributed by atoms with Crippen molar-refractivity contribution in [3.8, 4) is 0 Å². The minimum atomic E-state index is -1.63. The van der Waals surface area contributed by atoms with E-state index in [4.69, 9.17) is 14.2 Å². The van der Waals surface area contributed by atoms with Crippen LogP contribution in [0.1, 0.15) is 258 Å². The quantitative estimate of drug-likeness (QED) is 0.0149. The Morgan fingerprint density at radius 1 is 0.519 bits per heavy atom. The summed E-state index contributed by atoms with van der Waals surface area (Å²) in [6.07, 6.45) is 63.0. The topological polar surface area (TPSA) is 175 Å². The number of esters is 1. The van der Waals surface area contributed by atoms with E-state index in [1.54, 1.807) is 6.08 Å². The lowest BCUT2D eigenvalue weighted by molar-refractivity contribution is -0.305. The number of hydrogen-bond acceptors (Lipinski definition) is 10. The van der Waals surface area contributed by atoms with E-state index >= 15 is 0 Å². The van der Waals surface area contributed by atoms with E-state index in [2.05, 4.69) is 92.9 Å². The number of unbranched alkanes of at least 4 members (excludes halogenated alkanes) is 27. The summed E-state index contributed by atoms with van der Waals surface area (Å²) in [7, 11) is 0. The standard InChI is InChI=1S/C68H117NO10/c1-4-7-10-13-16-19-22-25-26-27-28-29-30-31-32-33-34-35-38-40-43-46-49-52-55-61(72)67(76)69-59(60(71)54-51-48-45-42-39-36-23-20-17-14-11-8-5-2)58-77-68-66(65(75)64(74)62(57-70)78-68)79-63(73)56-53-50-47-44-41-37-24-21-18-15-12-9-6-3/h9,12,15-16,18-19,21,24-26,28-29,31-32,51,54,59-62,64-66,68,70-72,74-75H,4-8,10-11,13-14,17,20,22-23,27,30,33-50,52-53,55-58H2,1-3H3,(H,69,76)/b12-9+,18-15+,19-16-,24-21-,26-25-,29-28-,32-31-,54-51+. The van der Waals surface area contributed by atoms with Crippen LogP contribution in [0.4, 0.5) is 0 Å². The Hall–Kier alpha value is -3.42. The normalized spacial score (nSPS) is 19.5. The molecule has 0 aliphatic carbocycles. The number of allylic oxidation sites excluding steroid dienone is 15. The Labute approximate surface area is 482 Å². The molecule has 1 saturated heterocycles. The van der Waals surface area contributed by atoms with Crippen LogP contribution in [0, 0.1) is 0 Å². The summed E-state index contributed by atoms with van der Waals surface area (Å²) in [6.45, 7) is 5.61. The van der Waals surface area contributed by atoms with Crippen LogP contribution in [0.3, 0.4) is 0 Å². The van der Waals surface area contributed by atoms with Crippen molar-refractivity contribution in [2.75, 3.05) is 13.2 Å². The summed E-state index contributed by atoms with van der Waals surface area (Å²) in [6, 6.07) is -1.04. The Balaban J connectivity index is 2.66. The van der Waals surface area contributed by atoms with Gasteiger partial charge >= 0.3 is 5.97 Å². The van der Waals surface area contributed by atoms with Crippen molar-refractivity contribution in [2.24, 2.45) is 0 Å². The first-order chi connectivity index (χ1) is 38.7. The molecule has 11 nitrogen and oxygen atoms in total. The van der Waals surface area contributed by atoms with Crippen LogP contribution in [0.5, 0.6) is 0 Å². The van der Waals surface area contributed by atoms with Crippen molar-refractivity contribution in [3.05, 3.63) is 97.2 Å². The lowest BCUT2D eigenvalue weighted by Crippen LogP contribution is -2.61. The van der Waals surface area contributed by atoms with E-state index in [9.17, 15) is 35.1 Å². The van der Waals surface area contributed by atoms with Gasteiger partial charge in [0, 0.05) is 6.42 Å². The summed E-state index contributed by atoms with van der Waals surface area (Å²) in [4.78, 5) is 26.5. The second-order valence-electron chi connectivity index (χ2n) is 21.8. The summed E-state index contributed by atoms with van der Waals surface area (Å²) in [5.74, 6) is -1.23. The lowest BCUT2D eigenvalue weighted by atomic mass is 9.99. The first-order valence-electron chi connectivity index (χ1n) is 32.0. The van der Waals surface area contributed by atoms with E-state index in [-0.39, 0.29) is 19.4 Å². The molecular formula is C68H117NO10. The molecular weight excluding hydrogens is 991 g/mol. The number of carbonyl (C=O) groups is 2. The molecule has 11 heteroatoms. The highest BCUT2D eigenvalue weighted by Gasteiger charge is 2.47. The molecule has 79 heavy (non-hydrogen) atoms. The van der Waals surface area contributed by atoms with Gasteiger partial charge in [0.2, 0.25) is 5.91 Å². The molecule has 1 aliphatic rings. The predicted molar refractivity (Wildman–Crippen MR) is 329 cm³/mol. The summed E-state index contributed by atoms with van der Waals surface area (Å²) in [5.41, 5.74) is 0. The number of rotatable bonds is 53. The van der Waals surface area contributed by atoms with Crippen molar-refractivity contribution >= 4 is 11.9 Å². The Kier molecular flexibility index (Phi) is 51.4. The molecule has 8 unspecified atom stereocenters. The molecule has 1 aliphatic heterocycles. The zero-order valence-corrected chi connectivity index (χ0v) is 50.2. The summed E-state index contributed by atoms with van der Waals surface area (Å²) in [5, 5.41) is 57.0. The molecule has 0 aromatic rings. The highest BCUT2D eigenvalue weighted by molar-refractivity contribution is 5.80. The molecule has 1 amide bonds. The zero-order valence-electron chi connectivity index (χ0n) is 50.2. The monoisotopic (exact) mass is 1110 g/mol. The van der Waals surface area contributed by atoms with Crippen LogP contribution in [-0.4, -0.2) is 99.6 Å². The number of carbonyl (C=O) groups excluding carboxylic acids is 2. The van der Waals surface area contributed by atoms with Gasteiger partial charge in [-0.1, -0.05) is 259 Å². The first kappa shape index (κ1) is 73.6. The van der Waals surface area contributed by atoms with Gasteiger partial charge in [0.1, 0.15) is 24.4 Å². The smallest absolute Gasteiger partial charge is 0.306 e. The summed E-state index contributed by atoms with van der Waals surface area (Å²) >= 11 is 0. The van der Waals surface area contributed by atoms with Gasteiger partial charge in [-0.05, 0) is 89.9 Å². The minimum absolute atomic E-state index is 0.0957. The molecule has 0 radical (unpaired) electrons. The molecule has 0 aromatic carbocycles. The van der Waals surface area contributed by atoms with Crippen molar-refractivity contribution in [3.63, 3.8) is 0 Å². The third-order valence-electron chi connectivity index (χ3n) is 14.5. The molecule has 1 heterocycles. The molecule has 1 rings (SSSR count). The average molecular weight is 1110 g/mol. The number of aliphatic hydroxyl groups is 5. The number of hydrogen-bond donors (Lipinski definition) is 6. The lowest BCUT2D eigenvalue weighted by Gasteiger charge is -2.41. The SMILES string of the molecule is CC/C=C/C=C/C=C\CCCCCCCC(=O)OC1C(OCC(NC(=O)C(O)CCCCCCCCCC/C=C\C/C=C\C/C=C\C/C=C\CCCCC)C(O)/C=C/CCCCCCCCCCCCC)OC(CO)C(O)C1O. The van der Waals surface area contributed by atoms with Crippen molar-refractivity contribution < 1.29 is 49.3 Å². The molecule has 0 saturated carbocycles. The van der Waals surface area contributed by atoms with Crippen molar-refractivity contribution in [1.29, 1.82) is 0 Å². The second kappa shape index (κ2) is 55.1. The fourth-order valence-corrected chi connectivity index (χ4v) is 9.46. The van der Waals surface area contributed by atoms with Gasteiger partial charge in [-0.15, -0.1) is 0 Å². The van der Waals surface area contributed by atoms with Crippen LogP contribution >= 0.6 is 0 Å². The van der Waals surface area contributed by atoms with Crippen LogP contribution in [-0.2, 0) is 23.8 Å². The van der Waals surface area contributed by atoms with Crippen molar-refractivity contribution in [1.82, 2.24) is 5.32 Å². The molecule has 8 atom stereocenters. The average Bonchev–Trinajstić information content (AvgIpc) is 3.49. The Morgan fingerprint density at radius 3 is 1.49 bits per heavy atom. The largest absolute Gasteiger partial charge is 0.454 e. The minimum Gasteiger partial charge on any atom is -0.454 e. The first-order valence-corrected chi connectivity index (χ1v) is 32.0. The molecule has 1 fully saturated rings. The van der Waals surface area contributed by atoms with Gasteiger partial charge in [0.25, 0.3) is 0 Å². The van der Waals surface area contributed by atoms with Crippen molar-refractivity contribution in [2.45, 2.75) is 307 Å². The van der Waals surface area contributed by atoms with Gasteiger partial charge in [-0.3, -0.25) is 9.59 Å². The van der Waals surface area contributed by atoms with Crippen LogP contribution in [0.25, 0.3) is 0 Å². The number of amides is 1. The fourth-order valence-electron chi connectivity index (χ4n) is 9.46. The maximum atomic E-state index is 13.4. The highest BCUT2D eigenvalue weighted by atomic mass is 16.7. The van der Waals surface area contributed by atoms with Gasteiger partial charge in [-0.25, -0.2) is 0 Å². The van der Waals surface area contributed by atoms with E-state index in [1.165, 1.54) is 109 Å². The van der Waals surface area contributed by atoms with E-state index < -0.39 is 67.4 Å². The predicted octanol–water partition coefficient (Wildman–Crippen LogP) is 15.5. The Bertz CT molecular complexity index is 1650. The zero-order chi connectivity index (χ0) is 57.5. The maximum absolute atomic E-state index is 13.4. The number of ether oxygens (including phenoxy) is 3. The van der Waals surface area contributed by atoms with Gasteiger partial charge in [0.15, 0.2) is 12.4 Å². The number of nitrogens with one attached hydrogen (secondary N) is 1. The van der Waals surface area contributed by atoms with E-state index in [0.717, 1.165) is 103 Å². The third-order valence-corrected chi connectivity index (χ3v) is 14.5. The van der Waals surface area contributed by atoms with Crippen LogP contribution < -0.4 is 5.32 Å². The third kappa shape index (κ3) is 43.0. The van der Waals surface area contributed by atoms with E-state index in [1.807, 2.05) is 24.3 Å². The summed E-state index contributed by atoms with van der Waals surface area (Å²) < 4.78 is 17.6. The molecule has 0 spiro atoms. The second-order valence-corrected chi connectivity index (χ2v) is 21.8. The van der Waals surface area contributed by atoms with Gasteiger partial charge in [0.05, 0.1) is 25.4 Å². The number of aliphatic hydroxyl groups excluding tert-OH is 5. The van der Waals surface area contributed by atoms with Gasteiger partial charge < -0.3 is 45.1 Å². The fraction of sp³-hybridized carbons (Fsp3) is 0.735. The maximum Gasteiger partial charge on any atom is 0.306 e. The van der Waals surface area contributed by atoms with Crippen LogP contribution in [0.2, 0.25) is 0 Å². The van der Waals surface area contributed by atoms with E-state index in [0.29, 0.717) is 12.8 Å².